The number of carbonyl (C=O) groups excluding carboxylic acids is 1. The molecule has 0 atom stereocenters. The number of rotatable bonds is 5. The minimum Gasteiger partial charge on any atom is -0.341 e. The molecule has 2 aromatic carbocycles. The number of amides is 1. The molecule has 0 aliphatic heterocycles. The van der Waals surface area contributed by atoms with Gasteiger partial charge in [0.05, 0.1) is 26.7 Å². The fraction of sp³-hybridized carbons (Fsp3) is 0.250. The van der Waals surface area contributed by atoms with Gasteiger partial charge in [-0.1, -0.05) is 52.7 Å². The van der Waals surface area contributed by atoms with Crippen LogP contribution in [0, 0.1) is 6.92 Å². The standard InChI is InChI=1S/C20H19Cl2N3O2S/c1-12-4-7-17-14(8-12)19(27)25(3)20(23-17)28-11-18(26)24(2)10-13-5-6-15(21)16(22)9-13/h4-9H,10-11H2,1-3H3. The smallest absolute Gasteiger partial charge is 0.261 e. The van der Waals surface area contributed by atoms with Gasteiger partial charge in [0.25, 0.3) is 5.56 Å². The Hall–Kier alpha value is -2.02. The molecule has 0 saturated carbocycles. The topological polar surface area (TPSA) is 55.2 Å². The van der Waals surface area contributed by atoms with Crippen LogP contribution in [0.4, 0.5) is 0 Å². The number of benzene rings is 2. The largest absolute Gasteiger partial charge is 0.341 e. The van der Waals surface area contributed by atoms with E-state index < -0.39 is 0 Å². The van der Waals surface area contributed by atoms with Gasteiger partial charge in [-0.15, -0.1) is 0 Å². The van der Waals surface area contributed by atoms with E-state index in [9.17, 15) is 9.59 Å². The van der Waals surface area contributed by atoms with Crippen molar-refractivity contribution in [3.05, 3.63) is 67.9 Å². The molecule has 0 N–H and O–H groups in total. The van der Waals surface area contributed by atoms with Crippen molar-refractivity contribution in [1.29, 1.82) is 0 Å². The molecule has 146 valence electrons. The van der Waals surface area contributed by atoms with E-state index in [0.29, 0.717) is 32.6 Å². The second-order valence-electron chi connectivity index (χ2n) is 6.57. The molecule has 3 aromatic rings. The SMILES string of the molecule is Cc1ccc2nc(SCC(=O)N(C)Cc3ccc(Cl)c(Cl)c3)n(C)c(=O)c2c1. The number of halogens is 2. The minimum absolute atomic E-state index is 0.0747. The Kier molecular flexibility index (Phi) is 6.33. The molecular formula is C20H19Cl2N3O2S. The summed E-state index contributed by atoms with van der Waals surface area (Å²) in [5.41, 5.74) is 2.41. The normalized spacial score (nSPS) is 11.0. The molecule has 0 unspecified atom stereocenters. The molecule has 3 rings (SSSR count). The molecule has 0 spiro atoms. The first-order valence-corrected chi connectivity index (χ1v) is 10.3. The van der Waals surface area contributed by atoms with Gasteiger partial charge >= 0.3 is 0 Å². The number of carbonyl (C=O) groups is 1. The van der Waals surface area contributed by atoms with Crippen LogP contribution in [0.3, 0.4) is 0 Å². The van der Waals surface area contributed by atoms with E-state index in [1.165, 1.54) is 16.3 Å². The van der Waals surface area contributed by atoms with E-state index in [1.807, 2.05) is 31.2 Å². The second kappa shape index (κ2) is 8.55. The molecule has 1 amide bonds. The van der Waals surface area contributed by atoms with Crippen LogP contribution < -0.4 is 5.56 Å². The van der Waals surface area contributed by atoms with Crippen LogP contribution in [0.25, 0.3) is 10.9 Å². The van der Waals surface area contributed by atoms with Crippen molar-refractivity contribution in [2.75, 3.05) is 12.8 Å². The lowest BCUT2D eigenvalue weighted by Gasteiger charge is -2.17. The van der Waals surface area contributed by atoms with Crippen molar-refractivity contribution >= 4 is 51.8 Å². The van der Waals surface area contributed by atoms with E-state index >= 15 is 0 Å². The Labute approximate surface area is 177 Å². The fourth-order valence-electron chi connectivity index (χ4n) is 2.73. The highest BCUT2D eigenvalue weighted by molar-refractivity contribution is 7.99. The highest BCUT2D eigenvalue weighted by Gasteiger charge is 2.14. The Morgan fingerprint density at radius 2 is 1.93 bits per heavy atom. The van der Waals surface area contributed by atoms with Crippen molar-refractivity contribution in [2.24, 2.45) is 7.05 Å². The van der Waals surface area contributed by atoms with Crippen molar-refractivity contribution in [3.8, 4) is 0 Å². The molecule has 0 radical (unpaired) electrons. The maximum Gasteiger partial charge on any atom is 0.261 e. The summed E-state index contributed by atoms with van der Waals surface area (Å²) < 4.78 is 1.48. The summed E-state index contributed by atoms with van der Waals surface area (Å²) in [5, 5.41) is 2.03. The van der Waals surface area contributed by atoms with Gasteiger partial charge < -0.3 is 4.90 Å². The van der Waals surface area contributed by atoms with Crippen LogP contribution >= 0.6 is 35.0 Å². The van der Waals surface area contributed by atoms with Crippen molar-refractivity contribution in [3.63, 3.8) is 0 Å². The molecule has 0 aliphatic carbocycles. The summed E-state index contributed by atoms with van der Waals surface area (Å²) in [5.74, 6) is 0.101. The van der Waals surface area contributed by atoms with Gasteiger partial charge in [0.2, 0.25) is 5.91 Å². The first-order valence-electron chi connectivity index (χ1n) is 8.54. The Balaban J connectivity index is 1.71. The van der Waals surface area contributed by atoms with Crippen LogP contribution in [0.15, 0.2) is 46.3 Å². The maximum absolute atomic E-state index is 12.6. The molecule has 1 heterocycles. The van der Waals surface area contributed by atoms with E-state index in [0.717, 1.165) is 11.1 Å². The van der Waals surface area contributed by atoms with Gasteiger partial charge in [0, 0.05) is 20.6 Å². The summed E-state index contributed by atoms with van der Waals surface area (Å²) in [6, 6.07) is 10.9. The third-order valence-electron chi connectivity index (χ3n) is 4.34. The molecule has 8 heteroatoms. The van der Waals surface area contributed by atoms with Crippen LogP contribution in [-0.4, -0.2) is 33.2 Å². The zero-order valence-electron chi connectivity index (χ0n) is 15.7. The lowest BCUT2D eigenvalue weighted by atomic mass is 10.2. The molecule has 28 heavy (non-hydrogen) atoms. The molecule has 0 fully saturated rings. The summed E-state index contributed by atoms with van der Waals surface area (Å²) in [6.07, 6.45) is 0. The molecule has 1 aromatic heterocycles. The molecule has 0 aliphatic rings. The van der Waals surface area contributed by atoms with E-state index in [4.69, 9.17) is 23.2 Å². The monoisotopic (exact) mass is 435 g/mol. The third-order valence-corrected chi connectivity index (χ3v) is 6.10. The summed E-state index contributed by atoms with van der Waals surface area (Å²) in [4.78, 5) is 31.2. The molecule has 5 nitrogen and oxygen atoms in total. The number of thioether (sulfide) groups is 1. The van der Waals surface area contributed by atoms with Gasteiger partial charge in [0.15, 0.2) is 5.16 Å². The van der Waals surface area contributed by atoms with Crippen molar-refractivity contribution in [2.45, 2.75) is 18.6 Å². The summed E-state index contributed by atoms with van der Waals surface area (Å²) in [6.45, 7) is 2.35. The summed E-state index contributed by atoms with van der Waals surface area (Å²) >= 11 is 13.2. The number of nitrogens with zero attached hydrogens (tertiary/aromatic N) is 3. The Bertz CT molecular complexity index is 1110. The third kappa shape index (κ3) is 4.51. The highest BCUT2D eigenvalue weighted by atomic mass is 35.5. The predicted octanol–water partition coefficient (Wildman–Crippen LogP) is 4.30. The maximum atomic E-state index is 12.6. The number of hydrogen-bond donors (Lipinski definition) is 0. The predicted molar refractivity (Wildman–Crippen MR) is 115 cm³/mol. The fourth-order valence-corrected chi connectivity index (χ4v) is 3.96. The van der Waals surface area contributed by atoms with Gasteiger partial charge in [-0.2, -0.15) is 0 Å². The van der Waals surface area contributed by atoms with Crippen LogP contribution in [0.5, 0.6) is 0 Å². The summed E-state index contributed by atoms with van der Waals surface area (Å²) in [7, 11) is 3.39. The van der Waals surface area contributed by atoms with Crippen molar-refractivity contribution < 1.29 is 4.79 Å². The first-order chi connectivity index (χ1) is 13.3. The van der Waals surface area contributed by atoms with Crippen LogP contribution in [-0.2, 0) is 18.4 Å². The van der Waals surface area contributed by atoms with Gasteiger partial charge in [-0.3, -0.25) is 14.2 Å². The number of hydrogen-bond acceptors (Lipinski definition) is 4. The van der Waals surface area contributed by atoms with Crippen LogP contribution in [0.1, 0.15) is 11.1 Å². The average Bonchev–Trinajstić information content (AvgIpc) is 2.66. The van der Waals surface area contributed by atoms with E-state index in [-0.39, 0.29) is 17.2 Å². The van der Waals surface area contributed by atoms with Gasteiger partial charge in [0.1, 0.15) is 0 Å². The highest BCUT2D eigenvalue weighted by Crippen LogP contribution is 2.23. The Morgan fingerprint density at radius 3 is 2.64 bits per heavy atom. The minimum atomic E-state index is -0.118. The van der Waals surface area contributed by atoms with Crippen molar-refractivity contribution in [1.82, 2.24) is 14.5 Å². The number of aryl methyl sites for hydroxylation is 1. The average molecular weight is 436 g/mol. The molecule has 0 saturated heterocycles. The molecular weight excluding hydrogens is 417 g/mol. The Morgan fingerprint density at radius 1 is 1.18 bits per heavy atom. The van der Waals surface area contributed by atoms with E-state index in [1.54, 1.807) is 31.1 Å². The first kappa shape index (κ1) is 20.7. The number of aromatic nitrogens is 2. The molecule has 0 bridgehead atoms. The van der Waals surface area contributed by atoms with Gasteiger partial charge in [-0.25, -0.2) is 4.98 Å². The van der Waals surface area contributed by atoms with Crippen LogP contribution in [0.2, 0.25) is 10.0 Å². The van der Waals surface area contributed by atoms with Gasteiger partial charge in [-0.05, 0) is 36.8 Å². The number of fused-ring (bicyclic) bond motifs is 1. The second-order valence-corrected chi connectivity index (χ2v) is 8.32. The quantitative estimate of drug-likeness (QED) is 0.442. The van der Waals surface area contributed by atoms with E-state index in [2.05, 4.69) is 4.98 Å². The lowest BCUT2D eigenvalue weighted by Crippen LogP contribution is -2.28. The zero-order valence-corrected chi connectivity index (χ0v) is 18.0. The zero-order chi connectivity index (χ0) is 20.4. The lowest BCUT2D eigenvalue weighted by molar-refractivity contribution is -0.127.